The first-order valence-electron chi connectivity index (χ1n) is 2.61. The zero-order valence-electron chi connectivity index (χ0n) is 5.56. The van der Waals surface area contributed by atoms with Crippen LogP contribution < -0.4 is 4.83 Å². The molecule has 1 heterocycles. The van der Waals surface area contributed by atoms with Crippen molar-refractivity contribution in [3.63, 3.8) is 0 Å². The summed E-state index contributed by atoms with van der Waals surface area (Å²) < 4.78 is 0. The lowest BCUT2D eigenvalue weighted by Crippen LogP contribution is -2.09. The van der Waals surface area contributed by atoms with Gasteiger partial charge in [0, 0.05) is 11.5 Å². The number of rotatable bonds is 0. The third kappa shape index (κ3) is 1.15. The quantitative estimate of drug-likeness (QED) is 0.521. The van der Waals surface area contributed by atoms with Gasteiger partial charge in [-0.15, -0.1) is 0 Å². The molecule has 3 heteroatoms. The molecular formula is C5H12N2S. The molecule has 0 fully saturated rings. The largest absolute Gasteiger partial charge is 0.272 e. The van der Waals surface area contributed by atoms with E-state index < -0.39 is 10.2 Å². The second-order valence-electron chi connectivity index (χ2n) is 2.62. The summed E-state index contributed by atoms with van der Waals surface area (Å²) in [6.07, 6.45) is 4.46. The van der Waals surface area contributed by atoms with Crippen LogP contribution in [0.25, 0.3) is 0 Å². The minimum absolute atomic E-state index is 0.549. The van der Waals surface area contributed by atoms with Gasteiger partial charge in [-0.25, -0.2) is 0 Å². The van der Waals surface area contributed by atoms with Crippen LogP contribution in [0.2, 0.25) is 0 Å². The molecule has 0 saturated carbocycles. The maximum atomic E-state index is 4.09. The van der Waals surface area contributed by atoms with Crippen LogP contribution in [0.3, 0.4) is 0 Å². The smallest absolute Gasteiger partial charge is 0.0456 e. The van der Waals surface area contributed by atoms with Gasteiger partial charge in [0.05, 0.1) is 0 Å². The van der Waals surface area contributed by atoms with E-state index in [9.17, 15) is 0 Å². The summed E-state index contributed by atoms with van der Waals surface area (Å²) in [4.78, 5) is 3.12. The van der Waals surface area contributed by atoms with Gasteiger partial charge in [0.15, 0.2) is 0 Å². The molecule has 0 aromatic heterocycles. The van der Waals surface area contributed by atoms with Crippen molar-refractivity contribution >= 4 is 15.9 Å². The average Bonchev–Trinajstić information content (AvgIpc) is 1.82. The number of nitrogens with zero attached hydrogens (tertiary/aromatic N) is 1. The molecule has 0 radical (unpaired) electrons. The Morgan fingerprint density at radius 3 is 2.38 bits per heavy atom. The Hall–Kier alpha value is -0.180. The Labute approximate surface area is 51.8 Å². The molecule has 0 bridgehead atoms. The van der Waals surface area contributed by atoms with Crippen molar-refractivity contribution in [2.24, 2.45) is 5.10 Å². The molecule has 1 rings (SSSR count). The predicted molar refractivity (Wildman–Crippen MR) is 40.6 cm³/mol. The third-order valence-electron chi connectivity index (χ3n) is 1.05. The molecule has 1 N–H and O–H groups in total. The van der Waals surface area contributed by atoms with Crippen LogP contribution in [0, 0.1) is 0 Å². The second kappa shape index (κ2) is 1.65. The number of hydrogen-bond acceptors (Lipinski definition) is 2. The fraction of sp³-hybridized carbons (Fsp3) is 0.800. The van der Waals surface area contributed by atoms with Crippen LogP contribution in [-0.4, -0.2) is 24.0 Å². The predicted octanol–water partition coefficient (Wildman–Crippen LogP) is 0.945. The van der Waals surface area contributed by atoms with Crippen molar-refractivity contribution in [3.05, 3.63) is 0 Å². The van der Waals surface area contributed by atoms with Crippen molar-refractivity contribution in [1.82, 2.24) is 4.83 Å². The van der Waals surface area contributed by atoms with Crippen LogP contribution in [0.5, 0.6) is 0 Å². The fourth-order valence-corrected chi connectivity index (χ4v) is 2.36. The van der Waals surface area contributed by atoms with E-state index >= 15 is 0 Å². The molecule has 0 atom stereocenters. The lowest BCUT2D eigenvalue weighted by Gasteiger charge is -2.22. The highest BCUT2D eigenvalue weighted by Gasteiger charge is 2.16. The maximum Gasteiger partial charge on any atom is 0.0456 e. The Balaban J connectivity index is 2.55. The van der Waals surface area contributed by atoms with Gasteiger partial charge in [0.25, 0.3) is 0 Å². The van der Waals surface area contributed by atoms with Crippen LogP contribution in [0.4, 0.5) is 0 Å². The van der Waals surface area contributed by atoms with Crippen molar-refractivity contribution in [2.45, 2.75) is 6.92 Å². The van der Waals surface area contributed by atoms with Gasteiger partial charge >= 0.3 is 0 Å². The molecule has 1 aliphatic rings. The molecule has 8 heavy (non-hydrogen) atoms. The summed E-state index contributed by atoms with van der Waals surface area (Å²) in [5, 5.41) is 4.09. The first-order chi connectivity index (χ1) is 3.60. The summed E-state index contributed by atoms with van der Waals surface area (Å²) in [5.74, 6) is 1.16. The van der Waals surface area contributed by atoms with Gasteiger partial charge in [-0.05, 0) is 19.4 Å². The maximum absolute atomic E-state index is 4.09. The molecule has 0 aromatic rings. The summed E-state index contributed by atoms with van der Waals surface area (Å²) in [6.45, 7) is 2.06. The second-order valence-corrected chi connectivity index (χ2v) is 6.17. The van der Waals surface area contributed by atoms with Crippen LogP contribution in [0.15, 0.2) is 5.10 Å². The van der Waals surface area contributed by atoms with E-state index in [4.69, 9.17) is 0 Å². The summed E-state index contributed by atoms with van der Waals surface area (Å²) in [5.41, 5.74) is 1.24. The van der Waals surface area contributed by atoms with Gasteiger partial charge in [-0.2, -0.15) is 15.3 Å². The van der Waals surface area contributed by atoms with Gasteiger partial charge in [0.2, 0.25) is 0 Å². The minimum Gasteiger partial charge on any atom is -0.272 e. The fourth-order valence-electron chi connectivity index (χ4n) is 0.788. The van der Waals surface area contributed by atoms with Gasteiger partial charge in [-0.3, -0.25) is 4.83 Å². The van der Waals surface area contributed by atoms with Gasteiger partial charge < -0.3 is 0 Å². The van der Waals surface area contributed by atoms with Crippen molar-refractivity contribution in [2.75, 3.05) is 18.3 Å². The number of hydrogen-bond donors (Lipinski definition) is 1. The Morgan fingerprint density at radius 1 is 1.62 bits per heavy atom. The van der Waals surface area contributed by atoms with Crippen LogP contribution in [0.1, 0.15) is 6.92 Å². The normalized spacial score (nSPS) is 28.6. The molecule has 0 spiro atoms. The van der Waals surface area contributed by atoms with E-state index in [1.807, 2.05) is 0 Å². The highest BCUT2D eigenvalue weighted by atomic mass is 32.3. The lowest BCUT2D eigenvalue weighted by molar-refractivity contribution is 1.12. The lowest BCUT2D eigenvalue weighted by atomic mass is 10.5. The molecular weight excluding hydrogens is 120 g/mol. The van der Waals surface area contributed by atoms with E-state index in [1.165, 1.54) is 5.71 Å². The molecule has 0 aromatic carbocycles. The van der Waals surface area contributed by atoms with Crippen molar-refractivity contribution < 1.29 is 0 Å². The van der Waals surface area contributed by atoms with Crippen LogP contribution >= 0.6 is 10.2 Å². The van der Waals surface area contributed by atoms with Gasteiger partial charge in [0.1, 0.15) is 0 Å². The average molecular weight is 132 g/mol. The van der Waals surface area contributed by atoms with Crippen molar-refractivity contribution in [1.29, 1.82) is 0 Å². The monoisotopic (exact) mass is 132 g/mol. The summed E-state index contributed by atoms with van der Waals surface area (Å²) in [6, 6.07) is 0. The first kappa shape index (κ1) is 5.95. The van der Waals surface area contributed by atoms with E-state index in [2.05, 4.69) is 29.4 Å². The summed E-state index contributed by atoms with van der Waals surface area (Å²) >= 11 is 0. The minimum atomic E-state index is -0.549. The van der Waals surface area contributed by atoms with Crippen LogP contribution in [-0.2, 0) is 0 Å². The molecule has 2 nitrogen and oxygen atoms in total. The van der Waals surface area contributed by atoms with Gasteiger partial charge in [-0.1, -0.05) is 0 Å². The SMILES string of the molecule is CC1=NNS(C)(C)C1. The molecule has 0 aliphatic carbocycles. The zero-order chi connectivity index (χ0) is 6.20. The molecule has 1 aliphatic heterocycles. The number of hydrazone groups is 1. The highest BCUT2D eigenvalue weighted by molar-refractivity contribution is 8.31. The van der Waals surface area contributed by atoms with E-state index in [0.717, 1.165) is 5.75 Å². The number of nitrogens with one attached hydrogen (secondary N) is 1. The Bertz CT molecular complexity index is 128. The standard InChI is InChI=1S/C5H12N2S/c1-5-4-8(2,3)7-6-5/h7H,4H2,1-3H3. The first-order valence-corrected chi connectivity index (χ1v) is 5.23. The van der Waals surface area contributed by atoms with Crippen molar-refractivity contribution in [3.8, 4) is 0 Å². The zero-order valence-corrected chi connectivity index (χ0v) is 6.38. The molecule has 48 valence electrons. The van der Waals surface area contributed by atoms with E-state index in [-0.39, 0.29) is 0 Å². The van der Waals surface area contributed by atoms with E-state index in [0.29, 0.717) is 0 Å². The Kier molecular flexibility index (Phi) is 1.23. The Morgan fingerprint density at radius 2 is 2.25 bits per heavy atom. The highest BCUT2D eigenvalue weighted by Crippen LogP contribution is 2.37. The topological polar surface area (TPSA) is 24.4 Å². The molecule has 0 saturated heterocycles. The molecule has 0 amide bonds. The molecule has 0 unspecified atom stereocenters. The third-order valence-corrected chi connectivity index (χ3v) is 2.78. The van der Waals surface area contributed by atoms with E-state index in [1.54, 1.807) is 0 Å². The summed E-state index contributed by atoms with van der Waals surface area (Å²) in [7, 11) is -0.549.